The molecule has 2 unspecified atom stereocenters. The third-order valence-electron chi connectivity index (χ3n) is 6.31. The van der Waals surface area contributed by atoms with Gasteiger partial charge in [0.1, 0.15) is 6.10 Å². The molecule has 1 saturated heterocycles. The Morgan fingerprint density at radius 3 is 1.77 bits per heavy atom. The van der Waals surface area contributed by atoms with Gasteiger partial charge < -0.3 is 18.9 Å². The van der Waals surface area contributed by atoms with Crippen LogP contribution in [-0.2, 0) is 18.9 Å². The van der Waals surface area contributed by atoms with Crippen LogP contribution >= 0.6 is 0 Å². The minimum absolute atomic E-state index is 0.397. The van der Waals surface area contributed by atoms with Gasteiger partial charge in [0, 0.05) is 25.7 Å². The van der Waals surface area contributed by atoms with Gasteiger partial charge in [-0.3, -0.25) is 0 Å². The summed E-state index contributed by atoms with van der Waals surface area (Å²) in [6.45, 7) is 12.6. The van der Waals surface area contributed by atoms with Crippen molar-refractivity contribution >= 4 is 0 Å². The molecule has 180 valence electrons. The molecule has 0 aliphatic carbocycles. The zero-order chi connectivity index (χ0) is 21.9. The van der Waals surface area contributed by atoms with Gasteiger partial charge in [0.25, 0.3) is 0 Å². The van der Waals surface area contributed by atoms with Crippen LogP contribution in [0.15, 0.2) is 0 Å². The van der Waals surface area contributed by atoms with Gasteiger partial charge in [0.15, 0.2) is 5.79 Å². The molecule has 4 heteroatoms. The van der Waals surface area contributed by atoms with Crippen molar-refractivity contribution in [1.82, 2.24) is 0 Å². The Bertz CT molecular complexity index is 364. The van der Waals surface area contributed by atoms with Crippen LogP contribution in [0.3, 0.4) is 0 Å². The Labute approximate surface area is 187 Å². The second-order valence-electron chi connectivity index (χ2n) is 9.08. The van der Waals surface area contributed by atoms with E-state index in [1.165, 1.54) is 89.9 Å². The van der Waals surface area contributed by atoms with Crippen molar-refractivity contribution < 1.29 is 18.9 Å². The predicted octanol–water partition coefficient (Wildman–Crippen LogP) is 7.29. The Hall–Kier alpha value is -0.160. The maximum atomic E-state index is 6.14. The molecule has 1 aliphatic rings. The predicted molar refractivity (Wildman–Crippen MR) is 126 cm³/mol. The lowest BCUT2D eigenvalue weighted by Gasteiger charge is -2.37. The third-order valence-corrected chi connectivity index (χ3v) is 6.31. The van der Waals surface area contributed by atoms with Crippen LogP contribution in [0.2, 0.25) is 0 Å². The molecule has 1 fully saturated rings. The van der Waals surface area contributed by atoms with Crippen molar-refractivity contribution in [1.29, 1.82) is 0 Å². The Morgan fingerprint density at radius 2 is 1.27 bits per heavy atom. The summed E-state index contributed by atoms with van der Waals surface area (Å²) in [6.07, 6.45) is 18.6. The zero-order valence-corrected chi connectivity index (χ0v) is 20.7. The minimum atomic E-state index is -0.421. The highest BCUT2D eigenvalue weighted by atomic mass is 16.7. The van der Waals surface area contributed by atoms with E-state index in [0.717, 1.165) is 33.0 Å². The summed E-state index contributed by atoms with van der Waals surface area (Å²) in [5.41, 5.74) is 0. The normalized spacial score (nSPS) is 17.4. The quantitative estimate of drug-likeness (QED) is 0.0973. The van der Waals surface area contributed by atoms with Crippen LogP contribution in [0, 0.1) is 5.92 Å². The molecule has 1 aliphatic heterocycles. The maximum absolute atomic E-state index is 6.14. The first-order valence-electron chi connectivity index (χ1n) is 13.1. The maximum Gasteiger partial charge on any atom is 0.168 e. The molecule has 0 aromatic heterocycles. The second-order valence-corrected chi connectivity index (χ2v) is 9.08. The lowest BCUT2D eigenvalue weighted by atomic mass is 9.87. The summed E-state index contributed by atoms with van der Waals surface area (Å²) >= 11 is 0. The highest BCUT2D eigenvalue weighted by molar-refractivity contribution is 4.76. The number of unbranched alkanes of at least 4 members (excludes halogenated alkanes) is 10. The van der Waals surface area contributed by atoms with E-state index in [1.807, 2.05) is 0 Å². The van der Waals surface area contributed by atoms with E-state index >= 15 is 0 Å². The molecule has 0 saturated carbocycles. The molecule has 0 amide bonds. The fourth-order valence-corrected chi connectivity index (χ4v) is 4.37. The highest BCUT2D eigenvalue weighted by Gasteiger charge is 2.34. The first-order chi connectivity index (χ1) is 14.7. The second kappa shape index (κ2) is 18.4. The van der Waals surface area contributed by atoms with E-state index < -0.39 is 5.79 Å². The lowest BCUT2D eigenvalue weighted by molar-refractivity contribution is -0.254. The summed E-state index contributed by atoms with van der Waals surface area (Å²) in [6, 6.07) is 0. The fraction of sp³-hybridized carbons (Fsp3) is 1.00. The fourth-order valence-electron chi connectivity index (χ4n) is 4.37. The van der Waals surface area contributed by atoms with Gasteiger partial charge in [-0.05, 0) is 40.0 Å². The van der Waals surface area contributed by atoms with Crippen LogP contribution < -0.4 is 0 Å². The van der Waals surface area contributed by atoms with Gasteiger partial charge in [0.05, 0.1) is 13.2 Å². The minimum Gasteiger partial charge on any atom is -0.379 e. The SMILES string of the molecule is CCCCCCCCC(CCCCCCCCOCC1CO1)C(C)(OCC)OCC. The van der Waals surface area contributed by atoms with E-state index in [4.69, 9.17) is 18.9 Å². The molecule has 2 atom stereocenters. The van der Waals surface area contributed by atoms with Crippen LogP contribution in [0.4, 0.5) is 0 Å². The summed E-state index contributed by atoms with van der Waals surface area (Å²) < 4.78 is 23.0. The van der Waals surface area contributed by atoms with E-state index in [1.54, 1.807) is 0 Å². The zero-order valence-electron chi connectivity index (χ0n) is 20.7. The Morgan fingerprint density at radius 1 is 0.767 bits per heavy atom. The van der Waals surface area contributed by atoms with Gasteiger partial charge in [-0.25, -0.2) is 0 Å². The topological polar surface area (TPSA) is 40.2 Å². The molecular formula is C26H52O4. The summed E-state index contributed by atoms with van der Waals surface area (Å²) in [5, 5.41) is 0. The van der Waals surface area contributed by atoms with Crippen LogP contribution in [0.25, 0.3) is 0 Å². The van der Waals surface area contributed by atoms with E-state index in [-0.39, 0.29) is 0 Å². The number of hydrogen-bond donors (Lipinski definition) is 0. The van der Waals surface area contributed by atoms with Crippen LogP contribution in [0.5, 0.6) is 0 Å². The van der Waals surface area contributed by atoms with Crippen molar-refractivity contribution in [2.45, 2.75) is 129 Å². The Kier molecular flexibility index (Phi) is 17.1. The number of rotatable bonds is 23. The van der Waals surface area contributed by atoms with Gasteiger partial charge >= 0.3 is 0 Å². The van der Waals surface area contributed by atoms with E-state index in [2.05, 4.69) is 27.7 Å². The van der Waals surface area contributed by atoms with Crippen molar-refractivity contribution in [3.8, 4) is 0 Å². The van der Waals surface area contributed by atoms with Gasteiger partial charge in [-0.15, -0.1) is 0 Å². The van der Waals surface area contributed by atoms with Gasteiger partial charge in [-0.1, -0.05) is 77.6 Å². The molecular weight excluding hydrogens is 376 g/mol. The van der Waals surface area contributed by atoms with E-state index in [0.29, 0.717) is 12.0 Å². The third kappa shape index (κ3) is 14.0. The first kappa shape index (κ1) is 27.9. The molecule has 0 aromatic carbocycles. The average molecular weight is 429 g/mol. The smallest absolute Gasteiger partial charge is 0.168 e. The highest BCUT2D eigenvalue weighted by Crippen LogP contribution is 2.33. The number of hydrogen-bond acceptors (Lipinski definition) is 4. The van der Waals surface area contributed by atoms with Crippen LogP contribution in [0.1, 0.15) is 118 Å². The standard InChI is InChI=1S/C26H52O4/c1-5-8-9-10-13-16-19-24(26(4,29-6-2)30-7-3)20-17-14-11-12-15-18-21-27-22-25-23-28-25/h24-25H,5-23H2,1-4H3. The summed E-state index contributed by atoms with van der Waals surface area (Å²) in [5.74, 6) is 0.0804. The summed E-state index contributed by atoms with van der Waals surface area (Å²) in [7, 11) is 0. The number of ether oxygens (including phenoxy) is 4. The molecule has 0 N–H and O–H groups in total. The lowest BCUT2D eigenvalue weighted by Crippen LogP contribution is -2.41. The molecule has 0 radical (unpaired) electrons. The van der Waals surface area contributed by atoms with Gasteiger partial charge in [0.2, 0.25) is 0 Å². The van der Waals surface area contributed by atoms with Crippen molar-refractivity contribution in [2.75, 3.05) is 33.0 Å². The molecule has 4 nitrogen and oxygen atoms in total. The Balaban J connectivity index is 2.20. The van der Waals surface area contributed by atoms with Crippen molar-refractivity contribution in [2.24, 2.45) is 5.92 Å². The van der Waals surface area contributed by atoms with E-state index in [9.17, 15) is 0 Å². The number of epoxide rings is 1. The largest absolute Gasteiger partial charge is 0.379 e. The first-order valence-corrected chi connectivity index (χ1v) is 13.1. The van der Waals surface area contributed by atoms with Crippen molar-refractivity contribution in [3.05, 3.63) is 0 Å². The average Bonchev–Trinajstić information content (AvgIpc) is 3.55. The molecule has 0 spiro atoms. The summed E-state index contributed by atoms with van der Waals surface area (Å²) in [4.78, 5) is 0. The molecule has 1 heterocycles. The molecule has 0 aromatic rings. The van der Waals surface area contributed by atoms with Gasteiger partial charge in [-0.2, -0.15) is 0 Å². The monoisotopic (exact) mass is 428 g/mol. The molecule has 0 bridgehead atoms. The van der Waals surface area contributed by atoms with Crippen molar-refractivity contribution in [3.63, 3.8) is 0 Å². The molecule has 30 heavy (non-hydrogen) atoms. The van der Waals surface area contributed by atoms with Crippen LogP contribution in [-0.4, -0.2) is 44.9 Å². The molecule has 1 rings (SSSR count).